The van der Waals surface area contributed by atoms with Crippen LogP contribution in [0.3, 0.4) is 0 Å². The predicted octanol–water partition coefficient (Wildman–Crippen LogP) is 4.95. The number of halogens is 1. The molecule has 2 heteroatoms. The van der Waals surface area contributed by atoms with Crippen molar-refractivity contribution in [3.8, 4) is 11.8 Å². The summed E-state index contributed by atoms with van der Waals surface area (Å²) in [5.41, 5.74) is 1.15. The summed E-state index contributed by atoms with van der Waals surface area (Å²) in [5.74, 6) is 7.30. The smallest absolute Gasteiger partial charge is 0.0381 e. The summed E-state index contributed by atoms with van der Waals surface area (Å²) >= 11 is 7.38. The molecule has 0 aliphatic carbocycles. The van der Waals surface area contributed by atoms with E-state index in [0.29, 0.717) is 0 Å². The molecule has 0 fully saturated rings. The molecule has 1 aromatic rings. The Balaban J connectivity index is 2.33. The third-order valence-corrected chi connectivity index (χ3v) is 3.58. The Morgan fingerprint density at radius 3 is 2.65 bits per heavy atom. The zero-order chi connectivity index (χ0) is 12.3. The summed E-state index contributed by atoms with van der Waals surface area (Å²) < 4.78 is 0. The van der Waals surface area contributed by atoms with Gasteiger partial charge >= 0.3 is 0 Å². The second-order valence-corrected chi connectivity index (χ2v) is 5.08. The van der Waals surface area contributed by atoms with Crippen LogP contribution in [0.4, 0.5) is 0 Å². The van der Waals surface area contributed by atoms with E-state index in [4.69, 9.17) is 11.6 Å². The quantitative estimate of drug-likeness (QED) is 0.304. The van der Waals surface area contributed by atoms with Crippen LogP contribution in [0.25, 0.3) is 0 Å². The van der Waals surface area contributed by atoms with Gasteiger partial charge in [0, 0.05) is 22.8 Å². The highest BCUT2D eigenvalue weighted by Crippen LogP contribution is 2.18. The first kappa shape index (κ1) is 14.5. The fraction of sp³-hybridized carbons (Fsp3) is 0.467. The molecule has 0 amide bonds. The Morgan fingerprint density at radius 1 is 1.12 bits per heavy atom. The van der Waals surface area contributed by atoms with E-state index in [1.54, 1.807) is 11.8 Å². The molecule has 92 valence electrons. The van der Waals surface area contributed by atoms with Crippen molar-refractivity contribution in [3.63, 3.8) is 0 Å². The number of benzene rings is 1. The molecule has 1 rings (SSSR count). The maximum absolute atomic E-state index is 5.62. The summed E-state index contributed by atoms with van der Waals surface area (Å²) in [6.07, 6.45) is 7.87. The molecule has 0 aliphatic rings. The van der Waals surface area contributed by atoms with Gasteiger partial charge in [-0.1, -0.05) is 36.8 Å². The van der Waals surface area contributed by atoms with Gasteiger partial charge in [-0.05, 0) is 31.2 Å². The van der Waals surface area contributed by atoms with Crippen molar-refractivity contribution in [2.45, 2.75) is 37.0 Å². The van der Waals surface area contributed by atoms with Crippen molar-refractivity contribution >= 4 is 23.4 Å². The molecule has 0 aliphatic heterocycles. The molecular weight excluding hydrogens is 248 g/mol. The number of thioether (sulfide) groups is 1. The zero-order valence-electron chi connectivity index (χ0n) is 10.3. The lowest BCUT2D eigenvalue weighted by Gasteiger charge is -1.98. The summed E-state index contributed by atoms with van der Waals surface area (Å²) in [4.78, 5) is 1.27. The number of unbranched alkanes of at least 4 members (excludes halogenated alkanes) is 4. The normalized spacial score (nSPS) is 9.76. The van der Waals surface area contributed by atoms with Crippen LogP contribution in [0.2, 0.25) is 0 Å². The maximum Gasteiger partial charge on any atom is 0.0381 e. The summed E-state index contributed by atoms with van der Waals surface area (Å²) in [5, 5.41) is 0. The van der Waals surface area contributed by atoms with Crippen molar-refractivity contribution in [1.29, 1.82) is 0 Å². The van der Waals surface area contributed by atoms with Gasteiger partial charge in [-0.2, -0.15) is 0 Å². The first-order valence-electron chi connectivity index (χ1n) is 6.06. The van der Waals surface area contributed by atoms with Crippen molar-refractivity contribution in [2.24, 2.45) is 0 Å². The Bertz CT molecular complexity index is 376. The molecule has 0 heterocycles. The molecule has 0 nitrogen and oxygen atoms in total. The van der Waals surface area contributed by atoms with Crippen molar-refractivity contribution in [1.82, 2.24) is 0 Å². The van der Waals surface area contributed by atoms with Crippen LogP contribution in [-0.2, 0) is 0 Å². The lowest BCUT2D eigenvalue weighted by molar-refractivity contribution is 0.682. The topological polar surface area (TPSA) is 0 Å². The largest absolute Gasteiger partial charge is 0.128 e. The minimum atomic E-state index is 0.785. The van der Waals surface area contributed by atoms with E-state index in [1.165, 1.54) is 24.2 Å². The van der Waals surface area contributed by atoms with Gasteiger partial charge < -0.3 is 0 Å². The van der Waals surface area contributed by atoms with Crippen LogP contribution < -0.4 is 0 Å². The van der Waals surface area contributed by atoms with E-state index in [1.807, 2.05) is 6.07 Å². The van der Waals surface area contributed by atoms with Crippen LogP contribution in [0.1, 0.15) is 37.7 Å². The Morgan fingerprint density at radius 2 is 1.88 bits per heavy atom. The maximum atomic E-state index is 5.62. The molecule has 0 bridgehead atoms. The zero-order valence-corrected chi connectivity index (χ0v) is 11.9. The standard InChI is InChI=1S/C15H19ClS/c1-17-15-12-8-7-11-14(15)10-6-4-2-3-5-9-13-16/h7-8,11-12H,2-5,9,13H2,1H3. The van der Waals surface area contributed by atoms with E-state index < -0.39 is 0 Å². The Labute approximate surface area is 114 Å². The molecule has 0 radical (unpaired) electrons. The van der Waals surface area contributed by atoms with Gasteiger partial charge in [-0.15, -0.1) is 23.4 Å². The SMILES string of the molecule is CSc1ccccc1C#CCCCCCCCl. The highest BCUT2D eigenvalue weighted by molar-refractivity contribution is 7.98. The van der Waals surface area contributed by atoms with Gasteiger partial charge in [-0.3, -0.25) is 0 Å². The third-order valence-electron chi connectivity index (χ3n) is 2.52. The molecule has 0 saturated heterocycles. The second kappa shape index (κ2) is 9.45. The number of rotatable bonds is 6. The van der Waals surface area contributed by atoms with Crippen LogP contribution in [-0.4, -0.2) is 12.1 Å². The van der Waals surface area contributed by atoms with E-state index in [0.717, 1.165) is 24.3 Å². The first-order chi connectivity index (χ1) is 8.38. The molecule has 0 saturated carbocycles. The van der Waals surface area contributed by atoms with Gasteiger partial charge in [0.25, 0.3) is 0 Å². The van der Waals surface area contributed by atoms with Crippen LogP contribution in [0.5, 0.6) is 0 Å². The minimum absolute atomic E-state index is 0.785. The number of alkyl halides is 1. The van der Waals surface area contributed by atoms with E-state index in [9.17, 15) is 0 Å². The lowest BCUT2D eigenvalue weighted by atomic mass is 10.1. The van der Waals surface area contributed by atoms with Gasteiger partial charge in [0.15, 0.2) is 0 Å². The van der Waals surface area contributed by atoms with Gasteiger partial charge in [0.1, 0.15) is 0 Å². The highest BCUT2D eigenvalue weighted by atomic mass is 35.5. The van der Waals surface area contributed by atoms with Crippen molar-refractivity contribution < 1.29 is 0 Å². The van der Waals surface area contributed by atoms with Crippen LogP contribution in [0, 0.1) is 11.8 Å². The summed E-state index contributed by atoms with van der Waals surface area (Å²) in [7, 11) is 0. The van der Waals surface area contributed by atoms with Crippen molar-refractivity contribution in [3.05, 3.63) is 29.8 Å². The van der Waals surface area contributed by atoms with Gasteiger partial charge in [-0.25, -0.2) is 0 Å². The number of hydrogen-bond donors (Lipinski definition) is 0. The van der Waals surface area contributed by atoms with E-state index in [2.05, 4.69) is 36.3 Å². The molecule has 0 aromatic heterocycles. The fourth-order valence-electron chi connectivity index (χ4n) is 1.57. The fourth-order valence-corrected chi connectivity index (χ4v) is 2.31. The lowest BCUT2D eigenvalue weighted by Crippen LogP contribution is -1.80. The highest BCUT2D eigenvalue weighted by Gasteiger charge is 1.95. The van der Waals surface area contributed by atoms with Crippen LogP contribution >= 0.6 is 23.4 Å². The molecule has 0 spiro atoms. The van der Waals surface area contributed by atoms with Gasteiger partial charge in [0.2, 0.25) is 0 Å². The number of hydrogen-bond acceptors (Lipinski definition) is 1. The predicted molar refractivity (Wildman–Crippen MR) is 78.9 cm³/mol. The van der Waals surface area contributed by atoms with Gasteiger partial charge in [0.05, 0.1) is 0 Å². The Kier molecular flexibility index (Phi) is 8.05. The summed E-state index contributed by atoms with van der Waals surface area (Å²) in [6, 6.07) is 8.31. The van der Waals surface area contributed by atoms with Crippen molar-refractivity contribution in [2.75, 3.05) is 12.1 Å². The molecule has 0 N–H and O–H groups in total. The monoisotopic (exact) mass is 266 g/mol. The minimum Gasteiger partial charge on any atom is -0.128 e. The molecule has 0 atom stereocenters. The molecule has 0 unspecified atom stereocenters. The average molecular weight is 267 g/mol. The molecule has 17 heavy (non-hydrogen) atoms. The first-order valence-corrected chi connectivity index (χ1v) is 7.82. The van der Waals surface area contributed by atoms with E-state index in [-0.39, 0.29) is 0 Å². The molecular formula is C15H19ClS. The Hall–Kier alpha value is -0.580. The summed E-state index contributed by atoms with van der Waals surface area (Å²) in [6.45, 7) is 0. The second-order valence-electron chi connectivity index (χ2n) is 3.86. The van der Waals surface area contributed by atoms with Crippen LogP contribution in [0.15, 0.2) is 29.2 Å². The average Bonchev–Trinajstić information content (AvgIpc) is 2.38. The molecule has 1 aromatic carbocycles. The van der Waals surface area contributed by atoms with E-state index >= 15 is 0 Å². The third kappa shape index (κ3) is 6.05.